The molecular weight excluding hydrogens is 264 g/mol. The van der Waals surface area contributed by atoms with Crippen molar-refractivity contribution in [1.29, 1.82) is 0 Å². The van der Waals surface area contributed by atoms with Crippen LogP contribution in [0.4, 0.5) is 5.69 Å². The lowest BCUT2D eigenvalue weighted by Gasteiger charge is -2.25. The third kappa shape index (κ3) is 2.44. The second-order valence-corrected chi connectivity index (χ2v) is 5.31. The summed E-state index contributed by atoms with van der Waals surface area (Å²) < 4.78 is 0. The van der Waals surface area contributed by atoms with Crippen LogP contribution in [0.3, 0.4) is 0 Å². The average Bonchev–Trinajstić information content (AvgIpc) is 3.00. The van der Waals surface area contributed by atoms with Crippen molar-refractivity contribution in [2.45, 2.75) is 18.9 Å². The van der Waals surface area contributed by atoms with Crippen LogP contribution in [0, 0.1) is 0 Å². The summed E-state index contributed by atoms with van der Waals surface area (Å²) in [5.41, 5.74) is 7.32. The van der Waals surface area contributed by atoms with E-state index in [1.54, 1.807) is 18.2 Å². The predicted molar refractivity (Wildman–Crippen MR) is 82.0 cm³/mol. The van der Waals surface area contributed by atoms with Crippen molar-refractivity contribution in [2.24, 2.45) is 0 Å². The minimum Gasteiger partial charge on any atom is -0.505 e. The molecule has 1 heterocycles. The summed E-state index contributed by atoms with van der Waals surface area (Å²) in [5, 5.41) is 10.0. The number of para-hydroxylation sites is 1. The molecule has 0 saturated carbocycles. The second-order valence-electron chi connectivity index (χ2n) is 5.31. The van der Waals surface area contributed by atoms with Crippen molar-refractivity contribution in [1.82, 2.24) is 4.90 Å². The number of phenolic OH excluding ortho intramolecular Hbond substituents is 1. The monoisotopic (exact) mass is 282 g/mol. The number of aromatic hydroxyl groups is 1. The standard InChI is InChI=1S/C17H18N2O2/c18-14-9-4-8-13(16(14)20)17(21)19-11-5-10-15(19)12-6-2-1-3-7-12/h1-4,6-9,15,20H,5,10-11,18H2. The number of hydrogen-bond acceptors (Lipinski definition) is 3. The summed E-state index contributed by atoms with van der Waals surface area (Å²) in [4.78, 5) is 14.5. The van der Waals surface area contributed by atoms with Crippen LogP contribution in [0.1, 0.15) is 34.8 Å². The van der Waals surface area contributed by atoms with Crippen LogP contribution in [-0.4, -0.2) is 22.5 Å². The van der Waals surface area contributed by atoms with Crippen molar-refractivity contribution in [3.8, 4) is 5.75 Å². The van der Waals surface area contributed by atoms with E-state index in [-0.39, 0.29) is 28.9 Å². The molecule has 2 aromatic carbocycles. The third-order valence-corrected chi connectivity index (χ3v) is 4.00. The molecule has 0 aliphatic carbocycles. The molecule has 0 bridgehead atoms. The van der Waals surface area contributed by atoms with E-state index in [0.717, 1.165) is 18.4 Å². The van der Waals surface area contributed by atoms with Gasteiger partial charge in [-0.2, -0.15) is 0 Å². The van der Waals surface area contributed by atoms with Gasteiger partial charge in [0.1, 0.15) is 0 Å². The number of carbonyl (C=O) groups excluding carboxylic acids is 1. The highest BCUT2D eigenvalue weighted by Gasteiger charge is 2.31. The van der Waals surface area contributed by atoms with Gasteiger partial charge in [-0.05, 0) is 30.5 Å². The van der Waals surface area contributed by atoms with E-state index >= 15 is 0 Å². The number of carbonyl (C=O) groups is 1. The number of rotatable bonds is 2. The van der Waals surface area contributed by atoms with Gasteiger partial charge in [-0.15, -0.1) is 0 Å². The van der Waals surface area contributed by atoms with Crippen LogP contribution in [-0.2, 0) is 0 Å². The highest BCUT2D eigenvalue weighted by Crippen LogP contribution is 2.35. The summed E-state index contributed by atoms with van der Waals surface area (Å²) in [6, 6.07) is 15.0. The van der Waals surface area contributed by atoms with E-state index in [0.29, 0.717) is 6.54 Å². The van der Waals surface area contributed by atoms with Gasteiger partial charge >= 0.3 is 0 Å². The Hall–Kier alpha value is -2.49. The van der Waals surface area contributed by atoms with Crippen molar-refractivity contribution in [3.63, 3.8) is 0 Å². The molecule has 108 valence electrons. The molecule has 3 N–H and O–H groups in total. The highest BCUT2D eigenvalue weighted by molar-refractivity contribution is 5.98. The number of likely N-dealkylation sites (tertiary alicyclic amines) is 1. The van der Waals surface area contributed by atoms with E-state index < -0.39 is 0 Å². The lowest BCUT2D eigenvalue weighted by molar-refractivity contribution is 0.0732. The van der Waals surface area contributed by atoms with Crippen LogP contribution in [0.25, 0.3) is 0 Å². The fraction of sp³-hybridized carbons (Fsp3) is 0.235. The van der Waals surface area contributed by atoms with Gasteiger partial charge in [0.25, 0.3) is 5.91 Å². The zero-order chi connectivity index (χ0) is 14.8. The molecule has 1 atom stereocenters. The molecule has 0 spiro atoms. The summed E-state index contributed by atoms with van der Waals surface area (Å²) >= 11 is 0. The number of benzene rings is 2. The van der Waals surface area contributed by atoms with Crippen molar-refractivity contribution >= 4 is 11.6 Å². The van der Waals surface area contributed by atoms with E-state index in [4.69, 9.17) is 5.73 Å². The summed E-state index contributed by atoms with van der Waals surface area (Å²) in [5.74, 6) is -0.285. The van der Waals surface area contributed by atoms with Gasteiger partial charge in [0.2, 0.25) is 0 Å². The van der Waals surface area contributed by atoms with Gasteiger partial charge < -0.3 is 15.7 Å². The lowest BCUT2D eigenvalue weighted by atomic mass is 10.0. The maximum Gasteiger partial charge on any atom is 0.258 e. The van der Waals surface area contributed by atoms with Crippen LogP contribution in [0.15, 0.2) is 48.5 Å². The maximum atomic E-state index is 12.7. The SMILES string of the molecule is Nc1cccc(C(=O)N2CCCC2c2ccccc2)c1O. The molecule has 4 nitrogen and oxygen atoms in total. The average molecular weight is 282 g/mol. The van der Waals surface area contributed by atoms with Gasteiger partial charge in [0.15, 0.2) is 5.75 Å². The minimum absolute atomic E-state index is 0.0690. The molecule has 3 rings (SSSR count). The van der Waals surface area contributed by atoms with Crippen LogP contribution < -0.4 is 5.73 Å². The van der Waals surface area contributed by atoms with Gasteiger partial charge in [-0.25, -0.2) is 0 Å². The summed E-state index contributed by atoms with van der Waals surface area (Å²) in [6.45, 7) is 0.701. The number of nitrogens with zero attached hydrogens (tertiary/aromatic N) is 1. The molecule has 2 aromatic rings. The van der Waals surface area contributed by atoms with E-state index in [1.807, 2.05) is 35.2 Å². The first kappa shape index (κ1) is 13.5. The molecule has 1 amide bonds. The van der Waals surface area contributed by atoms with E-state index in [2.05, 4.69) is 0 Å². The first-order chi connectivity index (χ1) is 10.2. The Morgan fingerprint density at radius 2 is 1.90 bits per heavy atom. The smallest absolute Gasteiger partial charge is 0.258 e. The van der Waals surface area contributed by atoms with Crippen molar-refractivity contribution in [3.05, 3.63) is 59.7 Å². The zero-order valence-electron chi connectivity index (χ0n) is 11.7. The lowest BCUT2D eigenvalue weighted by Crippen LogP contribution is -2.30. The first-order valence-corrected chi connectivity index (χ1v) is 7.12. The molecule has 4 heteroatoms. The van der Waals surface area contributed by atoms with Crippen LogP contribution in [0.2, 0.25) is 0 Å². The number of amides is 1. The zero-order valence-corrected chi connectivity index (χ0v) is 11.7. The first-order valence-electron chi connectivity index (χ1n) is 7.12. The number of phenols is 1. The number of nitrogen functional groups attached to an aromatic ring is 1. The largest absolute Gasteiger partial charge is 0.505 e. The molecule has 0 aromatic heterocycles. The van der Waals surface area contributed by atoms with Crippen molar-refractivity contribution in [2.75, 3.05) is 12.3 Å². The Labute approximate surface area is 123 Å². The predicted octanol–water partition coefficient (Wildman–Crippen LogP) is 2.95. The number of anilines is 1. The van der Waals surface area contributed by atoms with E-state index in [1.165, 1.54) is 0 Å². The van der Waals surface area contributed by atoms with Crippen LogP contribution in [0.5, 0.6) is 5.75 Å². The Balaban J connectivity index is 1.92. The molecule has 1 aliphatic rings. The van der Waals surface area contributed by atoms with Gasteiger partial charge in [0.05, 0.1) is 17.3 Å². The Bertz CT molecular complexity index is 655. The molecule has 1 fully saturated rings. The quantitative estimate of drug-likeness (QED) is 0.657. The number of nitrogens with two attached hydrogens (primary N) is 1. The van der Waals surface area contributed by atoms with Gasteiger partial charge in [-0.1, -0.05) is 36.4 Å². The van der Waals surface area contributed by atoms with Gasteiger partial charge in [-0.3, -0.25) is 4.79 Å². The highest BCUT2D eigenvalue weighted by atomic mass is 16.3. The minimum atomic E-state index is -0.161. The molecule has 21 heavy (non-hydrogen) atoms. The normalized spacial score (nSPS) is 17.9. The molecule has 0 radical (unpaired) electrons. The third-order valence-electron chi connectivity index (χ3n) is 4.00. The molecule has 1 aliphatic heterocycles. The van der Waals surface area contributed by atoms with Gasteiger partial charge in [0, 0.05) is 6.54 Å². The second kappa shape index (κ2) is 5.48. The summed E-state index contributed by atoms with van der Waals surface area (Å²) in [7, 11) is 0. The fourth-order valence-corrected chi connectivity index (χ4v) is 2.92. The van der Waals surface area contributed by atoms with E-state index in [9.17, 15) is 9.90 Å². The Morgan fingerprint density at radius 3 is 2.67 bits per heavy atom. The molecule has 1 unspecified atom stereocenters. The van der Waals surface area contributed by atoms with Crippen LogP contribution >= 0.6 is 0 Å². The number of hydrogen-bond donors (Lipinski definition) is 2. The Kier molecular flexibility index (Phi) is 3.52. The Morgan fingerprint density at radius 1 is 1.14 bits per heavy atom. The fourth-order valence-electron chi connectivity index (χ4n) is 2.92. The van der Waals surface area contributed by atoms with Crippen molar-refractivity contribution < 1.29 is 9.90 Å². The molecular formula is C17H18N2O2. The summed E-state index contributed by atoms with van der Waals surface area (Å²) in [6.07, 6.45) is 1.91. The molecule has 1 saturated heterocycles. The maximum absolute atomic E-state index is 12.7. The topological polar surface area (TPSA) is 66.6 Å².